The van der Waals surface area contributed by atoms with Gasteiger partial charge in [-0.2, -0.15) is 8.42 Å². The van der Waals surface area contributed by atoms with Crippen LogP contribution in [0.1, 0.15) is 28.8 Å². The Morgan fingerprint density at radius 1 is 1.03 bits per heavy atom. The van der Waals surface area contributed by atoms with Crippen LogP contribution in [-0.4, -0.2) is 25.8 Å². The quantitative estimate of drug-likeness (QED) is 0.323. The summed E-state index contributed by atoms with van der Waals surface area (Å²) in [5.74, 6) is -0.176. The molecule has 0 saturated heterocycles. The van der Waals surface area contributed by atoms with Crippen LogP contribution in [0, 0.1) is 10.1 Å². The van der Waals surface area contributed by atoms with Crippen LogP contribution >= 0.6 is 0 Å². The summed E-state index contributed by atoms with van der Waals surface area (Å²) in [6, 6.07) is 20.0. The van der Waals surface area contributed by atoms with Crippen LogP contribution in [0.4, 0.5) is 5.69 Å². The number of carbonyl (C=O) groups is 1. The second-order valence-corrected chi connectivity index (χ2v) is 8.38. The SMILES string of the molecule is CC(CNC(=O)c1ccc(OS(=O)(=O)c2cccc([N+](=O)[O-])c2)cc1)c1ccccc1. The van der Waals surface area contributed by atoms with Crippen molar-refractivity contribution >= 4 is 21.7 Å². The van der Waals surface area contributed by atoms with Crippen molar-refractivity contribution in [3.05, 3.63) is 100 Å². The maximum atomic E-state index is 12.4. The van der Waals surface area contributed by atoms with E-state index in [0.29, 0.717) is 12.1 Å². The molecular weight excluding hydrogens is 420 g/mol. The first-order valence-corrected chi connectivity index (χ1v) is 10.8. The van der Waals surface area contributed by atoms with Gasteiger partial charge in [0.05, 0.1) is 4.92 Å². The van der Waals surface area contributed by atoms with Crippen molar-refractivity contribution in [3.8, 4) is 5.75 Å². The summed E-state index contributed by atoms with van der Waals surface area (Å²) in [6.45, 7) is 2.45. The normalized spacial score (nSPS) is 12.0. The Kier molecular flexibility index (Phi) is 6.66. The minimum Gasteiger partial charge on any atom is -0.379 e. The van der Waals surface area contributed by atoms with Crippen molar-refractivity contribution in [1.29, 1.82) is 0 Å². The number of benzene rings is 3. The van der Waals surface area contributed by atoms with Gasteiger partial charge >= 0.3 is 10.1 Å². The lowest BCUT2D eigenvalue weighted by molar-refractivity contribution is -0.385. The second-order valence-electron chi connectivity index (χ2n) is 6.84. The molecule has 0 bridgehead atoms. The largest absolute Gasteiger partial charge is 0.379 e. The van der Waals surface area contributed by atoms with Crippen LogP contribution in [-0.2, 0) is 10.1 Å². The molecule has 0 aliphatic heterocycles. The highest BCUT2D eigenvalue weighted by molar-refractivity contribution is 7.87. The zero-order valence-corrected chi connectivity index (χ0v) is 17.4. The Morgan fingerprint density at radius 2 is 1.71 bits per heavy atom. The maximum Gasteiger partial charge on any atom is 0.339 e. The van der Waals surface area contributed by atoms with Gasteiger partial charge in [-0.1, -0.05) is 43.3 Å². The van der Waals surface area contributed by atoms with Crippen molar-refractivity contribution in [2.24, 2.45) is 0 Å². The van der Waals surface area contributed by atoms with E-state index < -0.39 is 15.0 Å². The molecule has 3 rings (SSSR count). The molecule has 1 N–H and O–H groups in total. The summed E-state index contributed by atoms with van der Waals surface area (Å²) in [4.78, 5) is 22.2. The van der Waals surface area contributed by atoms with Crippen LogP contribution < -0.4 is 9.50 Å². The molecule has 1 unspecified atom stereocenters. The first-order valence-electron chi connectivity index (χ1n) is 9.38. The minimum absolute atomic E-state index is 0.0132. The van der Waals surface area contributed by atoms with Gasteiger partial charge in [-0.25, -0.2) is 0 Å². The molecule has 3 aromatic carbocycles. The molecule has 0 aliphatic carbocycles. The molecule has 0 spiro atoms. The fourth-order valence-corrected chi connectivity index (χ4v) is 3.81. The second kappa shape index (κ2) is 9.40. The number of hydrogen-bond donors (Lipinski definition) is 1. The zero-order chi connectivity index (χ0) is 22.4. The number of non-ortho nitro benzene ring substituents is 1. The van der Waals surface area contributed by atoms with Crippen LogP contribution in [0.3, 0.4) is 0 Å². The highest BCUT2D eigenvalue weighted by atomic mass is 32.2. The molecule has 0 saturated carbocycles. The number of hydrogen-bond acceptors (Lipinski definition) is 6. The third-order valence-electron chi connectivity index (χ3n) is 4.58. The third-order valence-corrected chi connectivity index (χ3v) is 5.82. The molecule has 0 aromatic heterocycles. The molecule has 9 heteroatoms. The van der Waals surface area contributed by atoms with Gasteiger partial charge in [-0.05, 0) is 41.8 Å². The van der Waals surface area contributed by atoms with E-state index in [1.807, 2.05) is 37.3 Å². The fourth-order valence-electron chi connectivity index (χ4n) is 2.84. The number of nitro benzene ring substituents is 1. The van der Waals surface area contributed by atoms with Crippen LogP contribution in [0.5, 0.6) is 5.75 Å². The van der Waals surface area contributed by atoms with E-state index in [0.717, 1.165) is 11.6 Å². The standard InChI is InChI=1S/C22H20N2O6S/c1-16(17-6-3-2-4-7-17)15-23-22(25)18-10-12-20(13-11-18)30-31(28,29)21-9-5-8-19(14-21)24(26)27/h2-14,16H,15H2,1H3,(H,23,25). The third kappa shape index (κ3) is 5.67. The molecule has 8 nitrogen and oxygen atoms in total. The highest BCUT2D eigenvalue weighted by Gasteiger charge is 2.20. The smallest absolute Gasteiger partial charge is 0.339 e. The number of nitrogens with zero attached hydrogens (tertiary/aromatic N) is 1. The van der Waals surface area contributed by atoms with Gasteiger partial charge in [0.2, 0.25) is 0 Å². The summed E-state index contributed by atoms with van der Waals surface area (Å²) in [6.07, 6.45) is 0. The average molecular weight is 440 g/mol. The molecule has 1 amide bonds. The van der Waals surface area contributed by atoms with E-state index in [9.17, 15) is 23.3 Å². The molecule has 3 aromatic rings. The van der Waals surface area contributed by atoms with E-state index in [1.165, 1.54) is 42.5 Å². The van der Waals surface area contributed by atoms with Crippen molar-refractivity contribution in [2.45, 2.75) is 17.7 Å². The summed E-state index contributed by atoms with van der Waals surface area (Å²) in [7, 11) is -4.26. The Labute approximate surface area is 179 Å². The lowest BCUT2D eigenvalue weighted by atomic mass is 10.0. The molecule has 1 atom stereocenters. The number of amides is 1. The first-order chi connectivity index (χ1) is 14.8. The van der Waals surface area contributed by atoms with E-state index >= 15 is 0 Å². The van der Waals surface area contributed by atoms with Gasteiger partial charge in [0.25, 0.3) is 11.6 Å². The molecule has 0 radical (unpaired) electrons. The number of rotatable bonds is 8. The fraction of sp³-hybridized carbons (Fsp3) is 0.136. The molecule has 0 aliphatic rings. The summed E-state index contributed by atoms with van der Waals surface area (Å²) >= 11 is 0. The van der Waals surface area contributed by atoms with E-state index in [-0.39, 0.29) is 28.2 Å². The predicted molar refractivity (Wildman–Crippen MR) is 115 cm³/mol. The van der Waals surface area contributed by atoms with E-state index in [1.54, 1.807) is 0 Å². The average Bonchev–Trinajstić information content (AvgIpc) is 2.78. The Bertz CT molecular complexity index is 1180. The minimum atomic E-state index is -4.26. The topological polar surface area (TPSA) is 116 Å². The number of nitrogens with one attached hydrogen (secondary N) is 1. The highest BCUT2D eigenvalue weighted by Crippen LogP contribution is 2.22. The lowest BCUT2D eigenvalue weighted by Gasteiger charge is -2.13. The lowest BCUT2D eigenvalue weighted by Crippen LogP contribution is -2.27. The van der Waals surface area contributed by atoms with Crippen molar-refractivity contribution in [3.63, 3.8) is 0 Å². The van der Waals surface area contributed by atoms with Crippen molar-refractivity contribution < 1.29 is 22.3 Å². The number of carbonyl (C=O) groups excluding carboxylic acids is 1. The first kappa shape index (κ1) is 22.0. The Balaban J connectivity index is 1.63. The molecule has 31 heavy (non-hydrogen) atoms. The molecule has 0 fully saturated rings. The van der Waals surface area contributed by atoms with Crippen LogP contribution in [0.15, 0.2) is 83.8 Å². The van der Waals surface area contributed by atoms with Gasteiger partial charge in [-0.3, -0.25) is 14.9 Å². The van der Waals surface area contributed by atoms with Gasteiger partial charge < -0.3 is 9.50 Å². The predicted octanol–water partition coefficient (Wildman–Crippen LogP) is 3.90. The van der Waals surface area contributed by atoms with Gasteiger partial charge in [0, 0.05) is 24.2 Å². The van der Waals surface area contributed by atoms with Crippen LogP contribution in [0.2, 0.25) is 0 Å². The summed E-state index contributed by atoms with van der Waals surface area (Å²) in [5.41, 5.74) is 1.10. The van der Waals surface area contributed by atoms with Gasteiger partial charge in [0.1, 0.15) is 10.6 Å². The van der Waals surface area contributed by atoms with Crippen LogP contribution in [0.25, 0.3) is 0 Å². The molecule has 160 valence electrons. The Morgan fingerprint density at radius 3 is 2.35 bits per heavy atom. The van der Waals surface area contributed by atoms with Crippen molar-refractivity contribution in [2.75, 3.05) is 6.54 Å². The van der Waals surface area contributed by atoms with Crippen molar-refractivity contribution in [1.82, 2.24) is 5.32 Å². The Hall–Kier alpha value is -3.72. The zero-order valence-electron chi connectivity index (χ0n) is 16.6. The van der Waals surface area contributed by atoms with Gasteiger partial charge in [0.15, 0.2) is 0 Å². The molecular formula is C22H20N2O6S. The monoisotopic (exact) mass is 440 g/mol. The summed E-state index contributed by atoms with van der Waals surface area (Å²) < 4.78 is 29.8. The number of nitro groups is 1. The van der Waals surface area contributed by atoms with Gasteiger partial charge in [-0.15, -0.1) is 0 Å². The summed E-state index contributed by atoms with van der Waals surface area (Å²) in [5, 5.41) is 13.7. The van der Waals surface area contributed by atoms with E-state index in [4.69, 9.17) is 4.18 Å². The molecule has 0 heterocycles. The maximum absolute atomic E-state index is 12.4. The van der Waals surface area contributed by atoms with E-state index in [2.05, 4.69) is 5.32 Å².